The van der Waals surface area contributed by atoms with Crippen LogP contribution >= 0.6 is 11.3 Å². The molecule has 1 N–H and O–H groups in total. The van der Waals surface area contributed by atoms with Crippen LogP contribution < -0.4 is 10.2 Å². The van der Waals surface area contributed by atoms with Gasteiger partial charge in [-0.15, -0.1) is 11.3 Å². The maximum Gasteiger partial charge on any atom is 0.229 e. The second-order valence-corrected chi connectivity index (χ2v) is 7.01. The maximum absolute atomic E-state index is 12.3. The van der Waals surface area contributed by atoms with E-state index in [9.17, 15) is 4.79 Å². The molecule has 0 atom stereocenters. The van der Waals surface area contributed by atoms with Crippen molar-refractivity contribution in [2.75, 3.05) is 24.3 Å². The van der Waals surface area contributed by atoms with E-state index in [1.807, 2.05) is 62.3 Å². The van der Waals surface area contributed by atoms with Crippen LogP contribution in [0.5, 0.6) is 0 Å². The average Bonchev–Trinajstić information content (AvgIpc) is 2.97. The van der Waals surface area contributed by atoms with Crippen LogP contribution in [0.3, 0.4) is 0 Å². The van der Waals surface area contributed by atoms with Gasteiger partial charge < -0.3 is 10.2 Å². The Labute approximate surface area is 151 Å². The Hall–Kier alpha value is -2.73. The monoisotopic (exact) mass is 352 g/mol. The molecule has 0 saturated carbocycles. The van der Waals surface area contributed by atoms with Crippen molar-refractivity contribution in [2.24, 2.45) is 0 Å². The van der Waals surface area contributed by atoms with Crippen LogP contribution in [0.1, 0.15) is 10.6 Å². The Morgan fingerprint density at radius 2 is 1.80 bits per heavy atom. The van der Waals surface area contributed by atoms with E-state index in [0.29, 0.717) is 6.42 Å². The second kappa shape index (κ2) is 7.44. The van der Waals surface area contributed by atoms with Gasteiger partial charge in [0.15, 0.2) is 0 Å². The zero-order valence-corrected chi connectivity index (χ0v) is 15.3. The zero-order valence-electron chi connectivity index (χ0n) is 14.5. The number of nitrogens with zero attached hydrogens (tertiary/aromatic N) is 3. The predicted molar refractivity (Wildman–Crippen MR) is 103 cm³/mol. The van der Waals surface area contributed by atoms with Gasteiger partial charge in [0.05, 0.1) is 12.1 Å². The Morgan fingerprint density at radius 1 is 1.12 bits per heavy atom. The van der Waals surface area contributed by atoms with Gasteiger partial charge in [-0.25, -0.2) is 4.98 Å². The number of pyridine rings is 1. The quantitative estimate of drug-likeness (QED) is 0.759. The average molecular weight is 352 g/mol. The van der Waals surface area contributed by atoms with Crippen molar-refractivity contribution in [3.63, 3.8) is 0 Å². The smallest absolute Gasteiger partial charge is 0.229 e. The van der Waals surface area contributed by atoms with Crippen molar-refractivity contribution in [1.82, 2.24) is 9.97 Å². The van der Waals surface area contributed by atoms with Crippen molar-refractivity contribution in [2.45, 2.75) is 13.3 Å². The van der Waals surface area contributed by atoms with Crippen LogP contribution in [0, 0.1) is 6.92 Å². The number of aryl methyl sites for hydroxylation is 1. The van der Waals surface area contributed by atoms with Gasteiger partial charge in [0, 0.05) is 48.3 Å². The van der Waals surface area contributed by atoms with Crippen molar-refractivity contribution in [3.8, 4) is 10.6 Å². The molecule has 0 spiro atoms. The molecule has 0 fully saturated rings. The van der Waals surface area contributed by atoms with Gasteiger partial charge >= 0.3 is 0 Å². The molecule has 128 valence electrons. The number of amides is 1. The summed E-state index contributed by atoms with van der Waals surface area (Å²) in [5.74, 6) is -0.0365. The Bertz CT molecular complexity index is 857. The third-order valence-electron chi connectivity index (χ3n) is 3.81. The summed E-state index contributed by atoms with van der Waals surface area (Å²) in [6.07, 6.45) is 3.82. The number of carbonyl (C=O) groups is 1. The number of rotatable bonds is 5. The van der Waals surface area contributed by atoms with Crippen LogP contribution in [0.15, 0.2) is 48.8 Å². The summed E-state index contributed by atoms with van der Waals surface area (Å²) in [5, 5.41) is 3.86. The fraction of sp³-hybridized carbons (Fsp3) is 0.211. The second-order valence-electron chi connectivity index (χ2n) is 5.93. The van der Waals surface area contributed by atoms with Gasteiger partial charge in [-0.1, -0.05) is 0 Å². The van der Waals surface area contributed by atoms with Gasteiger partial charge in [0.1, 0.15) is 5.01 Å². The van der Waals surface area contributed by atoms with Crippen LogP contribution in [0.25, 0.3) is 10.6 Å². The number of hydrogen-bond acceptors (Lipinski definition) is 5. The van der Waals surface area contributed by atoms with E-state index in [0.717, 1.165) is 32.5 Å². The number of anilines is 2. The summed E-state index contributed by atoms with van der Waals surface area (Å²) in [5.41, 5.74) is 3.81. The number of nitrogens with one attached hydrogen (secondary N) is 1. The molecule has 0 radical (unpaired) electrons. The lowest BCUT2D eigenvalue weighted by Crippen LogP contribution is -2.14. The first-order valence-corrected chi connectivity index (χ1v) is 8.78. The van der Waals surface area contributed by atoms with E-state index >= 15 is 0 Å². The molecule has 1 amide bonds. The van der Waals surface area contributed by atoms with Gasteiger partial charge in [0.2, 0.25) is 5.91 Å². The number of benzene rings is 1. The lowest BCUT2D eigenvalue weighted by molar-refractivity contribution is -0.115. The molecule has 2 aromatic heterocycles. The van der Waals surface area contributed by atoms with Gasteiger partial charge in [0.25, 0.3) is 0 Å². The minimum Gasteiger partial charge on any atom is -0.378 e. The number of carbonyl (C=O) groups excluding carboxylic acids is 1. The fourth-order valence-electron chi connectivity index (χ4n) is 2.40. The molecule has 6 heteroatoms. The summed E-state index contributed by atoms with van der Waals surface area (Å²) in [6.45, 7) is 1.94. The van der Waals surface area contributed by atoms with Crippen LogP contribution in [-0.4, -0.2) is 30.0 Å². The molecule has 2 heterocycles. The summed E-state index contributed by atoms with van der Waals surface area (Å²) in [4.78, 5) is 23.9. The number of hydrogen-bond donors (Lipinski definition) is 1. The number of thiazole rings is 1. The highest BCUT2D eigenvalue weighted by Crippen LogP contribution is 2.28. The molecular weight excluding hydrogens is 332 g/mol. The summed E-state index contributed by atoms with van der Waals surface area (Å²) >= 11 is 1.55. The van der Waals surface area contributed by atoms with Crippen LogP contribution in [-0.2, 0) is 11.2 Å². The van der Waals surface area contributed by atoms with Crippen LogP contribution in [0.2, 0.25) is 0 Å². The summed E-state index contributed by atoms with van der Waals surface area (Å²) in [6, 6.07) is 11.6. The highest BCUT2D eigenvalue weighted by atomic mass is 32.1. The molecule has 0 aliphatic heterocycles. The van der Waals surface area contributed by atoms with Gasteiger partial charge in [-0.3, -0.25) is 9.78 Å². The highest BCUT2D eigenvalue weighted by molar-refractivity contribution is 7.15. The minimum atomic E-state index is -0.0365. The Morgan fingerprint density at radius 3 is 2.44 bits per heavy atom. The molecule has 3 aromatic rings. The fourth-order valence-corrected chi connectivity index (χ4v) is 3.47. The van der Waals surface area contributed by atoms with E-state index in [4.69, 9.17) is 0 Å². The minimum absolute atomic E-state index is 0.0365. The van der Waals surface area contributed by atoms with E-state index in [2.05, 4.69) is 15.3 Å². The molecule has 25 heavy (non-hydrogen) atoms. The molecule has 0 bridgehead atoms. The Kier molecular flexibility index (Phi) is 5.09. The standard InChI is InChI=1S/C19H20N4OS/c1-13-17(25-19(21-13)14-8-10-20-11-9-14)12-18(24)22-15-4-6-16(7-5-15)23(2)3/h4-11H,12H2,1-3H3,(H,22,24). The molecule has 0 saturated heterocycles. The molecule has 1 aromatic carbocycles. The highest BCUT2D eigenvalue weighted by Gasteiger charge is 2.13. The van der Waals surface area contributed by atoms with Gasteiger partial charge in [-0.2, -0.15) is 0 Å². The maximum atomic E-state index is 12.3. The van der Waals surface area contributed by atoms with Crippen molar-refractivity contribution in [3.05, 3.63) is 59.4 Å². The molecule has 5 nitrogen and oxygen atoms in total. The molecule has 3 rings (SSSR count). The van der Waals surface area contributed by atoms with Gasteiger partial charge in [-0.05, 0) is 43.3 Å². The predicted octanol–water partition coefficient (Wildman–Crippen LogP) is 3.76. The molecule has 0 unspecified atom stereocenters. The SMILES string of the molecule is Cc1nc(-c2ccncc2)sc1CC(=O)Nc1ccc(N(C)C)cc1. The number of aromatic nitrogens is 2. The Balaban J connectivity index is 1.68. The largest absolute Gasteiger partial charge is 0.378 e. The first-order chi connectivity index (χ1) is 12.0. The van der Waals surface area contributed by atoms with E-state index in [-0.39, 0.29) is 5.91 Å². The molecule has 0 aliphatic carbocycles. The lowest BCUT2D eigenvalue weighted by atomic mass is 10.2. The first-order valence-electron chi connectivity index (χ1n) is 7.97. The zero-order chi connectivity index (χ0) is 17.8. The summed E-state index contributed by atoms with van der Waals surface area (Å²) in [7, 11) is 3.97. The van der Waals surface area contributed by atoms with Crippen molar-refractivity contribution in [1.29, 1.82) is 0 Å². The first kappa shape index (κ1) is 17.1. The van der Waals surface area contributed by atoms with E-state index < -0.39 is 0 Å². The topological polar surface area (TPSA) is 58.1 Å². The molecular formula is C19H20N4OS. The third-order valence-corrected chi connectivity index (χ3v) is 5.01. The third kappa shape index (κ3) is 4.22. The molecule has 0 aliphatic rings. The van der Waals surface area contributed by atoms with E-state index in [1.165, 1.54) is 0 Å². The van der Waals surface area contributed by atoms with Crippen LogP contribution in [0.4, 0.5) is 11.4 Å². The van der Waals surface area contributed by atoms with E-state index in [1.54, 1.807) is 23.7 Å². The normalized spacial score (nSPS) is 10.5. The lowest BCUT2D eigenvalue weighted by Gasteiger charge is -2.13. The summed E-state index contributed by atoms with van der Waals surface area (Å²) < 4.78 is 0. The van der Waals surface area contributed by atoms with Crippen molar-refractivity contribution >= 4 is 28.6 Å². The van der Waals surface area contributed by atoms with Crippen molar-refractivity contribution < 1.29 is 4.79 Å².